The van der Waals surface area contributed by atoms with Gasteiger partial charge in [-0.3, -0.25) is 4.79 Å². The van der Waals surface area contributed by atoms with E-state index in [1.807, 2.05) is 0 Å². The third-order valence-corrected chi connectivity index (χ3v) is 8.20. The average Bonchev–Trinajstić information content (AvgIpc) is 2.85. The molecule has 0 fully saturated rings. The Kier molecular flexibility index (Phi) is 27.6. The topological polar surface area (TPSA) is 37.3 Å². The molecule has 0 saturated carbocycles. The summed E-state index contributed by atoms with van der Waals surface area (Å²) < 4.78 is 0. The third-order valence-electron chi connectivity index (χ3n) is 8.20. The highest BCUT2D eigenvalue weighted by Crippen LogP contribution is 2.20. The molecule has 0 aromatic heterocycles. The minimum atomic E-state index is -0.558. The van der Waals surface area contributed by atoms with E-state index in [2.05, 4.69) is 20.8 Å². The summed E-state index contributed by atoms with van der Waals surface area (Å²) in [7, 11) is 0. The number of carbonyl (C=O) groups is 1. The van der Waals surface area contributed by atoms with Gasteiger partial charge in [0.05, 0.1) is 5.92 Å². The van der Waals surface area contributed by atoms with Gasteiger partial charge >= 0.3 is 5.97 Å². The van der Waals surface area contributed by atoms with Crippen LogP contribution in [0.1, 0.15) is 194 Å². The molecule has 0 aliphatic heterocycles. The molecule has 2 unspecified atom stereocenters. The number of rotatable bonds is 29. The molecule has 0 aliphatic rings. The van der Waals surface area contributed by atoms with E-state index in [0.717, 1.165) is 31.6 Å². The lowest BCUT2D eigenvalue weighted by Crippen LogP contribution is -2.13. The van der Waals surface area contributed by atoms with E-state index in [-0.39, 0.29) is 5.92 Å². The fourth-order valence-corrected chi connectivity index (χ4v) is 5.30. The Hall–Kier alpha value is -0.530. The van der Waals surface area contributed by atoms with Crippen molar-refractivity contribution in [2.75, 3.05) is 0 Å². The Morgan fingerprint density at radius 2 is 0.771 bits per heavy atom. The highest BCUT2D eigenvalue weighted by molar-refractivity contribution is 5.69. The summed E-state index contributed by atoms with van der Waals surface area (Å²) >= 11 is 0. The summed E-state index contributed by atoms with van der Waals surface area (Å²) in [6.45, 7) is 6.96. The van der Waals surface area contributed by atoms with E-state index in [9.17, 15) is 9.90 Å². The number of carboxylic acid groups (broad SMARTS) is 1. The van der Waals surface area contributed by atoms with Crippen molar-refractivity contribution >= 4 is 5.97 Å². The second-order valence-electron chi connectivity index (χ2n) is 11.7. The molecule has 2 heteroatoms. The zero-order chi connectivity index (χ0) is 25.8. The van der Waals surface area contributed by atoms with Gasteiger partial charge in [-0.2, -0.15) is 0 Å². The lowest BCUT2D eigenvalue weighted by atomic mass is 9.94. The Bertz CT molecular complexity index is 419. The quantitative estimate of drug-likeness (QED) is 0.105. The Morgan fingerprint density at radius 3 is 1.06 bits per heavy atom. The number of aliphatic carboxylic acids is 1. The number of hydrogen-bond acceptors (Lipinski definition) is 1. The fourth-order valence-electron chi connectivity index (χ4n) is 5.30. The maximum atomic E-state index is 11.6. The average molecular weight is 495 g/mol. The molecule has 2 atom stereocenters. The van der Waals surface area contributed by atoms with Crippen molar-refractivity contribution in [1.29, 1.82) is 0 Å². The van der Waals surface area contributed by atoms with Crippen LogP contribution in [0.25, 0.3) is 0 Å². The van der Waals surface area contributed by atoms with Crippen LogP contribution in [-0.2, 0) is 4.79 Å². The molecule has 0 amide bonds. The van der Waals surface area contributed by atoms with Crippen LogP contribution < -0.4 is 0 Å². The number of hydrogen-bond donors (Lipinski definition) is 1. The first-order valence-electron chi connectivity index (χ1n) is 16.3. The Labute approximate surface area is 221 Å². The first-order chi connectivity index (χ1) is 17.1. The molecule has 0 bridgehead atoms. The summed E-state index contributed by atoms with van der Waals surface area (Å²) in [6, 6.07) is 0. The molecule has 2 nitrogen and oxygen atoms in total. The van der Waals surface area contributed by atoms with Crippen LogP contribution >= 0.6 is 0 Å². The van der Waals surface area contributed by atoms with Gasteiger partial charge in [-0.1, -0.05) is 181 Å². The number of unbranched alkanes of at least 4 members (excludes halogenated alkanes) is 21. The maximum absolute atomic E-state index is 11.6. The second-order valence-corrected chi connectivity index (χ2v) is 11.7. The summed E-state index contributed by atoms with van der Waals surface area (Å²) in [5, 5.41) is 9.57. The second kappa shape index (κ2) is 28.0. The van der Waals surface area contributed by atoms with Crippen LogP contribution in [-0.4, -0.2) is 11.1 Å². The first-order valence-corrected chi connectivity index (χ1v) is 16.3. The molecule has 35 heavy (non-hydrogen) atoms. The summed E-state index contributed by atoms with van der Waals surface area (Å²) in [6.07, 6.45) is 35.4. The van der Waals surface area contributed by atoms with Crippen molar-refractivity contribution in [3.63, 3.8) is 0 Å². The molecule has 0 aromatic carbocycles. The van der Waals surface area contributed by atoms with Gasteiger partial charge in [0.1, 0.15) is 0 Å². The van der Waals surface area contributed by atoms with Crippen molar-refractivity contribution < 1.29 is 9.90 Å². The zero-order valence-corrected chi connectivity index (χ0v) is 24.6. The Balaban J connectivity index is 3.42. The predicted octanol–water partition coefficient (Wildman–Crippen LogP) is 11.9. The molecule has 0 aliphatic carbocycles. The molecule has 0 aromatic rings. The van der Waals surface area contributed by atoms with Crippen LogP contribution in [0, 0.1) is 11.8 Å². The minimum absolute atomic E-state index is 0.0987. The SMILES string of the molecule is CCCCCCCCCCCCCCC(CCCCCCCCCCCCCC(C)CC)C(=O)O. The van der Waals surface area contributed by atoms with Gasteiger partial charge in [-0.15, -0.1) is 0 Å². The minimum Gasteiger partial charge on any atom is -0.481 e. The van der Waals surface area contributed by atoms with E-state index in [1.165, 1.54) is 148 Å². The monoisotopic (exact) mass is 495 g/mol. The van der Waals surface area contributed by atoms with E-state index >= 15 is 0 Å². The smallest absolute Gasteiger partial charge is 0.306 e. The van der Waals surface area contributed by atoms with Crippen LogP contribution in [0.2, 0.25) is 0 Å². The molecule has 0 saturated heterocycles. The van der Waals surface area contributed by atoms with Gasteiger partial charge in [0.2, 0.25) is 0 Å². The van der Waals surface area contributed by atoms with Crippen LogP contribution in [0.5, 0.6) is 0 Å². The Morgan fingerprint density at radius 1 is 0.486 bits per heavy atom. The van der Waals surface area contributed by atoms with Gasteiger partial charge in [0.15, 0.2) is 0 Å². The summed E-state index contributed by atoms with van der Waals surface area (Å²) in [5.74, 6) is 0.255. The molecule has 0 spiro atoms. The van der Waals surface area contributed by atoms with E-state index in [4.69, 9.17) is 0 Å². The van der Waals surface area contributed by atoms with E-state index in [1.54, 1.807) is 0 Å². The highest BCUT2D eigenvalue weighted by atomic mass is 16.4. The lowest BCUT2D eigenvalue weighted by molar-refractivity contribution is -0.142. The molecule has 210 valence electrons. The molecule has 1 N–H and O–H groups in total. The van der Waals surface area contributed by atoms with Gasteiger partial charge < -0.3 is 5.11 Å². The summed E-state index contributed by atoms with van der Waals surface area (Å²) in [5.41, 5.74) is 0. The van der Waals surface area contributed by atoms with Gasteiger partial charge in [-0.25, -0.2) is 0 Å². The van der Waals surface area contributed by atoms with Gasteiger partial charge in [0.25, 0.3) is 0 Å². The highest BCUT2D eigenvalue weighted by Gasteiger charge is 2.16. The van der Waals surface area contributed by atoms with Crippen LogP contribution in [0.15, 0.2) is 0 Å². The van der Waals surface area contributed by atoms with Crippen molar-refractivity contribution in [2.24, 2.45) is 11.8 Å². The third kappa shape index (κ3) is 26.3. The molecular weight excluding hydrogens is 428 g/mol. The number of carboxylic acids is 1. The van der Waals surface area contributed by atoms with Crippen molar-refractivity contribution in [2.45, 2.75) is 194 Å². The van der Waals surface area contributed by atoms with Crippen molar-refractivity contribution in [3.8, 4) is 0 Å². The molecular formula is C33H66O2. The van der Waals surface area contributed by atoms with Gasteiger partial charge in [-0.05, 0) is 18.8 Å². The molecule has 0 heterocycles. The van der Waals surface area contributed by atoms with Crippen LogP contribution in [0.4, 0.5) is 0 Å². The molecule has 0 rings (SSSR count). The zero-order valence-electron chi connectivity index (χ0n) is 24.6. The van der Waals surface area contributed by atoms with E-state index in [0.29, 0.717) is 0 Å². The van der Waals surface area contributed by atoms with Crippen molar-refractivity contribution in [3.05, 3.63) is 0 Å². The van der Waals surface area contributed by atoms with Crippen molar-refractivity contribution in [1.82, 2.24) is 0 Å². The first kappa shape index (κ1) is 34.5. The molecule has 0 radical (unpaired) electrons. The van der Waals surface area contributed by atoms with E-state index < -0.39 is 5.97 Å². The summed E-state index contributed by atoms with van der Waals surface area (Å²) in [4.78, 5) is 11.6. The lowest BCUT2D eigenvalue weighted by Gasteiger charge is -2.12. The maximum Gasteiger partial charge on any atom is 0.306 e. The predicted molar refractivity (Wildman–Crippen MR) is 156 cm³/mol. The normalized spacial score (nSPS) is 13.2. The van der Waals surface area contributed by atoms with Crippen LogP contribution in [0.3, 0.4) is 0 Å². The van der Waals surface area contributed by atoms with Gasteiger partial charge in [0, 0.05) is 0 Å². The fraction of sp³-hybridized carbons (Fsp3) is 0.970. The largest absolute Gasteiger partial charge is 0.481 e. The standard InChI is InChI=1S/C33H66O2/c1-4-6-7-8-9-10-11-14-17-20-23-26-29-32(33(34)35)30-27-24-21-18-15-12-13-16-19-22-25-28-31(3)5-2/h31-32H,4-30H2,1-3H3,(H,34,35).